The molecule has 2 unspecified atom stereocenters. The van der Waals surface area contributed by atoms with Crippen molar-refractivity contribution in [2.45, 2.75) is 45.8 Å². The minimum absolute atomic E-state index is 0.0241. The SMILES string of the molecule is CCC(C)NC(=O)C(C)N(Cc1cccc(Cl)c1)C(=O)CN(c1ccc(F)c(Cl)c1)S(C)(=O)=O. The van der Waals surface area contributed by atoms with Crippen molar-refractivity contribution >= 4 is 50.7 Å². The summed E-state index contributed by atoms with van der Waals surface area (Å²) < 4.78 is 39.4. The van der Waals surface area contributed by atoms with Gasteiger partial charge in [0, 0.05) is 17.6 Å². The van der Waals surface area contributed by atoms with Crippen molar-refractivity contribution < 1.29 is 22.4 Å². The Balaban J connectivity index is 2.41. The number of benzene rings is 2. The van der Waals surface area contributed by atoms with Gasteiger partial charge in [-0.15, -0.1) is 0 Å². The van der Waals surface area contributed by atoms with Crippen LogP contribution in [0.4, 0.5) is 10.1 Å². The van der Waals surface area contributed by atoms with Crippen LogP contribution >= 0.6 is 23.2 Å². The van der Waals surface area contributed by atoms with E-state index in [0.29, 0.717) is 17.0 Å². The van der Waals surface area contributed by atoms with Gasteiger partial charge in [-0.25, -0.2) is 12.8 Å². The summed E-state index contributed by atoms with van der Waals surface area (Å²) in [4.78, 5) is 27.5. The van der Waals surface area contributed by atoms with E-state index in [9.17, 15) is 22.4 Å². The average molecular weight is 532 g/mol. The Kier molecular flexibility index (Phi) is 9.73. The third kappa shape index (κ3) is 7.58. The molecule has 0 saturated carbocycles. The van der Waals surface area contributed by atoms with Crippen LogP contribution in [0, 0.1) is 5.82 Å². The Bertz CT molecular complexity index is 1150. The van der Waals surface area contributed by atoms with Gasteiger partial charge in [0.05, 0.1) is 17.0 Å². The van der Waals surface area contributed by atoms with Crippen molar-refractivity contribution in [1.29, 1.82) is 0 Å². The minimum atomic E-state index is -3.94. The Hall–Kier alpha value is -2.36. The van der Waals surface area contributed by atoms with E-state index >= 15 is 0 Å². The Morgan fingerprint density at radius 3 is 2.35 bits per heavy atom. The number of rotatable bonds is 10. The predicted octanol–water partition coefficient (Wildman–Crippen LogP) is 4.23. The standard InChI is InChI=1S/C23H28Cl2FN3O4S/c1-5-15(2)27-23(31)16(3)28(13-17-7-6-8-18(24)11-17)22(30)14-29(34(4,32)33)19-9-10-21(26)20(25)12-19/h6-12,15-16H,5,13-14H2,1-4H3,(H,27,31). The quantitative estimate of drug-likeness (QED) is 0.496. The van der Waals surface area contributed by atoms with E-state index in [1.807, 2.05) is 13.8 Å². The molecule has 2 aromatic carbocycles. The number of hydrogen-bond acceptors (Lipinski definition) is 4. The molecule has 2 rings (SSSR count). The van der Waals surface area contributed by atoms with Gasteiger partial charge in [-0.05, 0) is 56.2 Å². The molecule has 186 valence electrons. The molecular formula is C23H28Cl2FN3O4S. The normalized spacial score (nSPS) is 13.1. The first kappa shape index (κ1) is 27.9. The molecule has 0 spiro atoms. The minimum Gasteiger partial charge on any atom is -0.352 e. The van der Waals surface area contributed by atoms with Crippen molar-refractivity contribution in [3.8, 4) is 0 Å². The number of carbonyl (C=O) groups is 2. The summed E-state index contributed by atoms with van der Waals surface area (Å²) in [5, 5.41) is 3.02. The van der Waals surface area contributed by atoms with E-state index in [-0.39, 0.29) is 29.2 Å². The second kappa shape index (κ2) is 11.9. The molecule has 0 aliphatic heterocycles. The molecule has 2 aromatic rings. The lowest BCUT2D eigenvalue weighted by atomic mass is 10.1. The van der Waals surface area contributed by atoms with Gasteiger partial charge in [0.1, 0.15) is 18.4 Å². The van der Waals surface area contributed by atoms with Crippen LogP contribution in [0.2, 0.25) is 10.0 Å². The molecule has 34 heavy (non-hydrogen) atoms. The molecule has 0 heterocycles. The maximum absolute atomic E-state index is 13.6. The monoisotopic (exact) mass is 531 g/mol. The highest BCUT2D eigenvalue weighted by atomic mass is 35.5. The number of hydrogen-bond donors (Lipinski definition) is 1. The van der Waals surface area contributed by atoms with Crippen LogP contribution in [0.15, 0.2) is 42.5 Å². The van der Waals surface area contributed by atoms with Crippen molar-refractivity contribution in [3.05, 3.63) is 63.9 Å². The highest BCUT2D eigenvalue weighted by Gasteiger charge is 2.30. The molecule has 1 N–H and O–H groups in total. The van der Waals surface area contributed by atoms with Crippen LogP contribution in [-0.2, 0) is 26.2 Å². The van der Waals surface area contributed by atoms with E-state index in [4.69, 9.17) is 23.2 Å². The molecule has 0 radical (unpaired) electrons. The van der Waals surface area contributed by atoms with Crippen LogP contribution in [0.25, 0.3) is 0 Å². The molecule has 0 aromatic heterocycles. The Labute approximate surface area is 209 Å². The third-order valence-electron chi connectivity index (χ3n) is 5.28. The number of amides is 2. The van der Waals surface area contributed by atoms with Gasteiger partial charge in [-0.2, -0.15) is 0 Å². The summed E-state index contributed by atoms with van der Waals surface area (Å²) in [5.41, 5.74) is 0.696. The Morgan fingerprint density at radius 2 is 1.79 bits per heavy atom. The van der Waals surface area contributed by atoms with Gasteiger partial charge < -0.3 is 10.2 Å². The van der Waals surface area contributed by atoms with E-state index < -0.39 is 34.3 Å². The van der Waals surface area contributed by atoms with E-state index in [0.717, 1.165) is 22.7 Å². The van der Waals surface area contributed by atoms with Gasteiger partial charge in [0.2, 0.25) is 21.8 Å². The van der Waals surface area contributed by atoms with Crippen molar-refractivity contribution in [2.24, 2.45) is 0 Å². The summed E-state index contributed by atoms with van der Waals surface area (Å²) >= 11 is 11.9. The summed E-state index contributed by atoms with van der Waals surface area (Å²) in [7, 11) is -3.94. The first-order chi connectivity index (χ1) is 15.8. The van der Waals surface area contributed by atoms with Crippen LogP contribution < -0.4 is 9.62 Å². The second-order valence-corrected chi connectivity index (χ2v) is 10.8. The number of nitrogens with zero attached hydrogens (tertiary/aromatic N) is 2. The zero-order valence-electron chi connectivity index (χ0n) is 19.4. The lowest BCUT2D eigenvalue weighted by molar-refractivity contribution is -0.139. The highest BCUT2D eigenvalue weighted by Crippen LogP contribution is 2.25. The Morgan fingerprint density at radius 1 is 1.12 bits per heavy atom. The average Bonchev–Trinajstić information content (AvgIpc) is 2.76. The molecule has 11 heteroatoms. The van der Waals surface area contributed by atoms with E-state index in [1.54, 1.807) is 31.2 Å². The van der Waals surface area contributed by atoms with E-state index in [1.165, 1.54) is 11.0 Å². The van der Waals surface area contributed by atoms with Gasteiger partial charge >= 0.3 is 0 Å². The molecule has 0 aliphatic rings. The van der Waals surface area contributed by atoms with Crippen LogP contribution in [-0.4, -0.2) is 50.0 Å². The topological polar surface area (TPSA) is 86.8 Å². The maximum atomic E-state index is 13.6. The molecule has 7 nitrogen and oxygen atoms in total. The number of halogens is 3. The molecule has 0 fully saturated rings. The number of anilines is 1. The number of carbonyl (C=O) groups excluding carboxylic acids is 2. The fourth-order valence-corrected chi connectivity index (χ4v) is 4.36. The van der Waals surface area contributed by atoms with Crippen LogP contribution in [0.1, 0.15) is 32.8 Å². The first-order valence-corrected chi connectivity index (χ1v) is 13.2. The summed E-state index contributed by atoms with van der Waals surface area (Å²) in [6.07, 6.45) is 1.63. The van der Waals surface area contributed by atoms with Gasteiger partial charge in [0.25, 0.3) is 0 Å². The van der Waals surface area contributed by atoms with Crippen molar-refractivity contribution in [3.63, 3.8) is 0 Å². The molecule has 2 amide bonds. The smallest absolute Gasteiger partial charge is 0.244 e. The van der Waals surface area contributed by atoms with Crippen molar-refractivity contribution in [1.82, 2.24) is 10.2 Å². The van der Waals surface area contributed by atoms with Crippen LogP contribution in [0.5, 0.6) is 0 Å². The first-order valence-electron chi connectivity index (χ1n) is 10.6. The largest absolute Gasteiger partial charge is 0.352 e. The molecule has 0 bridgehead atoms. The summed E-state index contributed by atoms with van der Waals surface area (Å²) in [6.45, 7) is 4.75. The second-order valence-electron chi connectivity index (χ2n) is 8.01. The van der Waals surface area contributed by atoms with Gasteiger partial charge in [-0.3, -0.25) is 13.9 Å². The fourth-order valence-electron chi connectivity index (χ4n) is 3.13. The number of sulfonamides is 1. The lowest BCUT2D eigenvalue weighted by Crippen LogP contribution is -2.52. The molecular weight excluding hydrogens is 504 g/mol. The van der Waals surface area contributed by atoms with Gasteiger partial charge in [-0.1, -0.05) is 42.3 Å². The maximum Gasteiger partial charge on any atom is 0.244 e. The van der Waals surface area contributed by atoms with E-state index in [2.05, 4.69) is 5.32 Å². The zero-order valence-corrected chi connectivity index (χ0v) is 21.7. The van der Waals surface area contributed by atoms with Crippen LogP contribution in [0.3, 0.4) is 0 Å². The highest BCUT2D eigenvalue weighted by molar-refractivity contribution is 7.92. The predicted molar refractivity (Wildman–Crippen MR) is 133 cm³/mol. The summed E-state index contributed by atoms with van der Waals surface area (Å²) in [5.74, 6) is -1.72. The lowest BCUT2D eigenvalue weighted by Gasteiger charge is -2.32. The summed E-state index contributed by atoms with van der Waals surface area (Å²) in [6, 6.07) is 9.17. The third-order valence-corrected chi connectivity index (χ3v) is 6.95. The molecule has 0 aliphatic carbocycles. The molecule has 2 atom stereocenters. The van der Waals surface area contributed by atoms with Crippen molar-refractivity contribution in [2.75, 3.05) is 17.1 Å². The zero-order chi connectivity index (χ0) is 25.6. The molecule has 0 saturated heterocycles. The van der Waals surface area contributed by atoms with Gasteiger partial charge in [0.15, 0.2) is 0 Å². The fraction of sp³-hybridized carbons (Fsp3) is 0.391. The number of nitrogens with one attached hydrogen (secondary N) is 1.